The van der Waals surface area contributed by atoms with E-state index in [9.17, 15) is 18.0 Å². The summed E-state index contributed by atoms with van der Waals surface area (Å²) in [5, 5.41) is 2.95. The molecule has 0 heterocycles. The molecule has 8 nitrogen and oxygen atoms in total. The van der Waals surface area contributed by atoms with Gasteiger partial charge in [-0.3, -0.25) is 13.9 Å². The first-order valence-electron chi connectivity index (χ1n) is 14.3. The number of hydrogen-bond acceptors (Lipinski definition) is 5. The summed E-state index contributed by atoms with van der Waals surface area (Å²) in [7, 11) is -2.69. The van der Waals surface area contributed by atoms with Gasteiger partial charge >= 0.3 is 0 Å². The molecule has 0 spiro atoms. The van der Waals surface area contributed by atoms with E-state index in [1.807, 2.05) is 61.5 Å². The summed E-state index contributed by atoms with van der Waals surface area (Å²) in [6.45, 7) is 1.95. The summed E-state index contributed by atoms with van der Waals surface area (Å²) >= 11 is 3.50. The van der Waals surface area contributed by atoms with E-state index in [1.54, 1.807) is 42.5 Å². The highest BCUT2D eigenvalue weighted by Gasteiger charge is 2.34. The second-order valence-electron chi connectivity index (χ2n) is 10.2. The molecule has 1 N–H and O–H groups in total. The van der Waals surface area contributed by atoms with E-state index in [0.717, 1.165) is 26.3 Å². The van der Waals surface area contributed by atoms with Crippen LogP contribution in [0.5, 0.6) is 5.75 Å². The fourth-order valence-corrected chi connectivity index (χ4v) is 6.64. The van der Waals surface area contributed by atoms with Crippen LogP contribution in [0, 0.1) is 0 Å². The summed E-state index contributed by atoms with van der Waals surface area (Å²) in [6, 6.07) is 30.6. The monoisotopic (exact) mass is 677 g/mol. The summed E-state index contributed by atoms with van der Waals surface area (Å²) in [5.41, 5.74) is 1.92. The van der Waals surface area contributed by atoms with Crippen LogP contribution in [0.3, 0.4) is 0 Å². The molecule has 0 saturated heterocycles. The molecule has 0 saturated carbocycles. The predicted molar refractivity (Wildman–Crippen MR) is 176 cm³/mol. The van der Waals surface area contributed by atoms with Crippen LogP contribution < -0.4 is 14.4 Å². The van der Waals surface area contributed by atoms with Crippen LogP contribution in [0.15, 0.2) is 119 Å². The van der Waals surface area contributed by atoms with Gasteiger partial charge < -0.3 is 15.0 Å². The highest BCUT2D eigenvalue weighted by atomic mass is 79.9. The average Bonchev–Trinajstić information content (AvgIpc) is 3.04. The van der Waals surface area contributed by atoms with Crippen LogP contribution in [0.25, 0.3) is 0 Å². The third-order valence-corrected chi connectivity index (χ3v) is 9.29. The highest BCUT2D eigenvalue weighted by molar-refractivity contribution is 9.10. The average molecular weight is 679 g/mol. The lowest BCUT2D eigenvalue weighted by atomic mass is 10.0. The smallest absolute Gasteiger partial charge is 0.264 e. The first-order valence-corrected chi connectivity index (χ1v) is 16.5. The zero-order chi connectivity index (χ0) is 31.5. The molecule has 0 aliphatic carbocycles. The standard InChI is InChI=1S/C34H36BrN3O5S/c1-3-20-36-34(40)32(22-26-12-6-4-7-13-26)37(24-27-14-10-15-28(35)21-27)33(39)25-38(29-16-11-17-30(23-29)43-2)44(41,42)31-18-8-5-9-19-31/h4-19,21,23,32H,3,20,22,24-25H2,1-2H3,(H,36,40). The number of amides is 2. The molecule has 0 aliphatic rings. The van der Waals surface area contributed by atoms with Gasteiger partial charge in [-0.1, -0.05) is 89.6 Å². The van der Waals surface area contributed by atoms with Gasteiger partial charge in [0.25, 0.3) is 10.0 Å². The Morgan fingerprint density at radius 3 is 2.18 bits per heavy atom. The number of benzene rings is 4. The van der Waals surface area contributed by atoms with Crippen LogP contribution in [0.2, 0.25) is 0 Å². The minimum absolute atomic E-state index is 0.0377. The van der Waals surface area contributed by atoms with Gasteiger partial charge in [0.05, 0.1) is 17.7 Å². The summed E-state index contributed by atoms with van der Waals surface area (Å²) in [4.78, 5) is 29.7. The van der Waals surface area contributed by atoms with E-state index < -0.39 is 28.5 Å². The Morgan fingerprint density at radius 2 is 1.52 bits per heavy atom. The maximum absolute atomic E-state index is 14.5. The Morgan fingerprint density at radius 1 is 0.864 bits per heavy atom. The van der Waals surface area contributed by atoms with Gasteiger partial charge in [-0.15, -0.1) is 0 Å². The zero-order valence-electron chi connectivity index (χ0n) is 24.7. The van der Waals surface area contributed by atoms with E-state index in [0.29, 0.717) is 12.3 Å². The molecule has 0 aliphatic heterocycles. The lowest BCUT2D eigenvalue weighted by Gasteiger charge is -2.34. The highest BCUT2D eigenvalue weighted by Crippen LogP contribution is 2.28. The van der Waals surface area contributed by atoms with E-state index in [4.69, 9.17) is 4.74 Å². The fraction of sp³-hybridized carbons (Fsp3) is 0.235. The van der Waals surface area contributed by atoms with Crippen molar-refractivity contribution < 1.29 is 22.7 Å². The van der Waals surface area contributed by atoms with Gasteiger partial charge in [0, 0.05) is 30.0 Å². The summed E-state index contributed by atoms with van der Waals surface area (Å²) < 4.78 is 35.4. The van der Waals surface area contributed by atoms with Gasteiger partial charge in [-0.2, -0.15) is 0 Å². The Kier molecular flexibility index (Phi) is 11.6. The second-order valence-corrected chi connectivity index (χ2v) is 13.0. The quantitative estimate of drug-likeness (QED) is 0.182. The van der Waals surface area contributed by atoms with Crippen molar-refractivity contribution in [2.75, 3.05) is 24.5 Å². The maximum atomic E-state index is 14.5. The van der Waals surface area contributed by atoms with Crippen molar-refractivity contribution in [3.05, 3.63) is 125 Å². The molecular formula is C34H36BrN3O5S. The third-order valence-electron chi connectivity index (χ3n) is 7.01. The van der Waals surface area contributed by atoms with E-state index in [1.165, 1.54) is 24.1 Å². The SMILES string of the molecule is CCCNC(=O)C(Cc1ccccc1)N(Cc1cccc(Br)c1)C(=O)CN(c1cccc(OC)c1)S(=O)(=O)c1ccccc1. The largest absolute Gasteiger partial charge is 0.497 e. The number of carbonyl (C=O) groups is 2. The van der Waals surface area contributed by atoms with Crippen LogP contribution in [0.1, 0.15) is 24.5 Å². The Labute approximate surface area is 267 Å². The molecule has 0 bridgehead atoms. The lowest BCUT2D eigenvalue weighted by molar-refractivity contribution is -0.140. The van der Waals surface area contributed by atoms with Crippen LogP contribution >= 0.6 is 15.9 Å². The predicted octanol–water partition coefficient (Wildman–Crippen LogP) is 5.82. The number of hydrogen-bond donors (Lipinski definition) is 1. The van der Waals surface area contributed by atoms with Crippen LogP contribution in [-0.4, -0.2) is 51.4 Å². The molecule has 2 amide bonds. The number of anilines is 1. The number of ether oxygens (including phenoxy) is 1. The van der Waals surface area contributed by atoms with Crippen molar-refractivity contribution in [1.82, 2.24) is 10.2 Å². The Balaban J connectivity index is 1.80. The maximum Gasteiger partial charge on any atom is 0.264 e. The van der Waals surface area contributed by atoms with Gasteiger partial charge in [0.2, 0.25) is 11.8 Å². The first kappa shape index (κ1) is 32.8. The van der Waals surface area contributed by atoms with E-state index in [2.05, 4.69) is 21.2 Å². The van der Waals surface area contributed by atoms with Crippen molar-refractivity contribution in [1.29, 1.82) is 0 Å². The first-order chi connectivity index (χ1) is 21.2. The van der Waals surface area contributed by atoms with Gasteiger partial charge in [-0.05, 0) is 53.9 Å². The second kappa shape index (κ2) is 15.5. The minimum Gasteiger partial charge on any atom is -0.497 e. The Hall–Kier alpha value is -4.15. The molecule has 4 rings (SSSR count). The molecule has 230 valence electrons. The molecule has 4 aromatic rings. The van der Waals surface area contributed by atoms with Crippen molar-refractivity contribution >= 4 is 43.5 Å². The minimum atomic E-state index is -4.18. The fourth-order valence-electron chi connectivity index (χ4n) is 4.77. The van der Waals surface area contributed by atoms with Crippen molar-refractivity contribution in [2.45, 2.75) is 37.2 Å². The zero-order valence-corrected chi connectivity index (χ0v) is 27.1. The van der Waals surface area contributed by atoms with Gasteiger partial charge in [0.15, 0.2) is 0 Å². The molecule has 1 unspecified atom stereocenters. The van der Waals surface area contributed by atoms with Crippen molar-refractivity contribution in [2.24, 2.45) is 0 Å². The lowest BCUT2D eigenvalue weighted by Crippen LogP contribution is -2.53. The van der Waals surface area contributed by atoms with E-state index in [-0.39, 0.29) is 29.5 Å². The molecule has 44 heavy (non-hydrogen) atoms. The molecule has 0 aromatic heterocycles. The van der Waals surface area contributed by atoms with Crippen LogP contribution in [-0.2, 0) is 32.6 Å². The van der Waals surface area contributed by atoms with Gasteiger partial charge in [-0.25, -0.2) is 8.42 Å². The normalized spacial score (nSPS) is 11.8. The number of carbonyl (C=O) groups excluding carboxylic acids is 2. The molecule has 0 fully saturated rings. The number of nitrogens with one attached hydrogen (secondary N) is 1. The number of rotatable bonds is 14. The number of sulfonamides is 1. The number of halogens is 1. The number of nitrogens with zero attached hydrogens (tertiary/aromatic N) is 2. The topological polar surface area (TPSA) is 96.0 Å². The third kappa shape index (κ3) is 8.48. The van der Waals surface area contributed by atoms with Crippen LogP contribution in [0.4, 0.5) is 5.69 Å². The molecular weight excluding hydrogens is 642 g/mol. The van der Waals surface area contributed by atoms with Crippen molar-refractivity contribution in [3.63, 3.8) is 0 Å². The Bertz CT molecular complexity index is 1650. The van der Waals surface area contributed by atoms with Crippen molar-refractivity contribution in [3.8, 4) is 5.75 Å². The molecule has 0 radical (unpaired) electrons. The van der Waals surface area contributed by atoms with Gasteiger partial charge in [0.1, 0.15) is 18.3 Å². The number of methoxy groups -OCH3 is 1. The molecule has 4 aromatic carbocycles. The molecule has 1 atom stereocenters. The summed E-state index contributed by atoms with van der Waals surface area (Å²) in [6.07, 6.45) is 0.975. The summed E-state index contributed by atoms with van der Waals surface area (Å²) in [5.74, 6) is -0.395. The molecule has 10 heteroatoms. The van der Waals surface area contributed by atoms with E-state index >= 15 is 0 Å².